The normalized spacial score (nSPS) is 10.5. The van der Waals surface area contributed by atoms with Gasteiger partial charge in [0.25, 0.3) is 5.91 Å². The highest BCUT2D eigenvalue weighted by molar-refractivity contribution is 9.10. The van der Waals surface area contributed by atoms with E-state index in [4.69, 9.17) is 5.73 Å². The van der Waals surface area contributed by atoms with Gasteiger partial charge >= 0.3 is 0 Å². The third-order valence-electron chi connectivity index (χ3n) is 2.93. The summed E-state index contributed by atoms with van der Waals surface area (Å²) in [5.41, 5.74) is 6.90. The Labute approximate surface area is 136 Å². The second kappa shape index (κ2) is 6.44. The van der Waals surface area contributed by atoms with E-state index in [0.717, 1.165) is 15.2 Å². The molecule has 21 heavy (non-hydrogen) atoms. The highest BCUT2D eigenvalue weighted by Crippen LogP contribution is 2.28. The number of benzene rings is 1. The zero-order chi connectivity index (χ0) is 15.6. The van der Waals surface area contributed by atoms with Gasteiger partial charge in [-0.25, -0.2) is 4.98 Å². The Hall–Kier alpha value is -1.60. The van der Waals surface area contributed by atoms with Gasteiger partial charge in [-0.05, 0) is 11.6 Å². The van der Waals surface area contributed by atoms with Crippen LogP contribution in [0.5, 0.6) is 0 Å². The summed E-state index contributed by atoms with van der Waals surface area (Å²) < 4.78 is 0.982. The van der Waals surface area contributed by atoms with E-state index in [-0.39, 0.29) is 11.7 Å². The highest BCUT2D eigenvalue weighted by Gasteiger charge is 2.21. The van der Waals surface area contributed by atoms with Crippen LogP contribution in [0.1, 0.15) is 15.2 Å². The molecule has 0 aliphatic carbocycles. The van der Waals surface area contributed by atoms with Gasteiger partial charge in [0, 0.05) is 32.2 Å². The molecule has 0 saturated carbocycles. The number of halogens is 1. The van der Waals surface area contributed by atoms with E-state index in [1.807, 2.05) is 43.3 Å². The predicted octanol–water partition coefficient (Wildman–Crippen LogP) is 2.83. The lowest BCUT2D eigenvalue weighted by molar-refractivity contribution is 0.0790. The molecule has 2 aromatic rings. The number of rotatable bonds is 4. The molecule has 1 amide bonds. The average molecular weight is 369 g/mol. The molecule has 5 nitrogen and oxygen atoms in total. The Morgan fingerprint density at radius 2 is 2.00 bits per heavy atom. The number of carbonyl (C=O) groups excluding carboxylic acids is 1. The minimum absolute atomic E-state index is 0.117. The first kappa shape index (κ1) is 15.8. The lowest BCUT2D eigenvalue weighted by Crippen LogP contribution is -2.26. The molecule has 0 unspecified atom stereocenters. The van der Waals surface area contributed by atoms with Crippen LogP contribution < -0.4 is 10.6 Å². The van der Waals surface area contributed by atoms with Crippen molar-refractivity contribution in [2.75, 3.05) is 31.8 Å². The largest absolute Gasteiger partial charge is 0.382 e. The summed E-state index contributed by atoms with van der Waals surface area (Å²) in [7, 11) is 5.50. The number of hydrogen-bond donors (Lipinski definition) is 1. The van der Waals surface area contributed by atoms with Crippen molar-refractivity contribution in [2.45, 2.75) is 6.54 Å². The number of nitrogens with zero attached hydrogens (tertiary/aromatic N) is 3. The minimum atomic E-state index is -0.117. The lowest BCUT2D eigenvalue weighted by Gasteiger charge is -2.17. The molecule has 0 bridgehead atoms. The monoisotopic (exact) mass is 368 g/mol. The van der Waals surface area contributed by atoms with Gasteiger partial charge in [0.1, 0.15) is 10.7 Å². The molecule has 7 heteroatoms. The van der Waals surface area contributed by atoms with Crippen LogP contribution in [0.4, 0.5) is 10.9 Å². The van der Waals surface area contributed by atoms with Crippen molar-refractivity contribution in [3.63, 3.8) is 0 Å². The summed E-state index contributed by atoms with van der Waals surface area (Å²) in [5.74, 6) is 0.168. The van der Waals surface area contributed by atoms with Crippen LogP contribution in [0.3, 0.4) is 0 Å². The molecule has 0 fully saturated rings. The standard InChI is InChI=1S/C14H17BrN4OS/c1-18(2)14-17-12(16)11(21-14)13(20)19(3)8-9-6-4-5-7-10(9)15/h4-7H,8,16H2,1-3H3. The van der Waals surface area contributed by atoms with E-state index < -0.39 is 0 Å². The minimum Gasteiger partial charge on any atom is -0.382 e. The van der Waals surface area contributed by atoms with Gasteiger partial charge in [-0.3, -0.25) is 4.79 Å². The Balaban J connectivity index is 2.18. The third-order valence-corrected chi connectivity index (χ3v) is 4.93. The van der Waals surface area contributed by atoms with Crippen LogP contribution in [0, 0.1) is 0 Å². The Morgan fingerprint density at radius 3 is 2.57 bits per heavy atom. The molecule has 0 spiro atoms. The number of aromatic nitrogens is 1. The number of hydrogen-bond acceptors (Lipinski definition) is 5. The predicted molar refractivity (Wildman–Crippen MR) is 90.8 cm³/mol. The summed E-state index contributed by atoms with van der Waals surface area (Å²) >= 11 is 4.79. The van der Waals surface area contributed by atoms with Crippen molar-refractivity contribution in [1.82, 2.24) is 9.88 Å². The SMILES string of the molecule is CN(Cc1ccccc1Br)C(=O)c1sc(N(C)C)nc1N. The number of carbonyl (C=O) groups is 1. The van der Waals surface area contributed by atoms with Crippen molar-refractivity contribution in [2.24, 2.45) is 0 Å². The molecule has 2 N–H and O–H groups in total. The molecule has 112 valence electrons. The van der Waals surface area contributed by atoms with E-state index in [1.165, 1.54) is 11.3 Å². The summed E-state index contributed by atoms with van der Waals surface area (Å²) in [5, 5.41) is 0.727. The van der Waals surface area contributed by atoms with Gasteiger partial charge in [0.15, 0.2) is 5.13 Å². The highest BCUT2D eigenvalue weighted by atomic mass is 79.9. The van der Waals surface area contributed by atoms with Gasteiger partial charge in [-0.15, -0.1) is 0 Å². The number of amides is 1. The number of nitrogen functional groups attached to an aromatic ring is 1. The van der Waals surface area contributed by atoms with E-state index in [1.54, 1.807) is 11.9 Å². The topological polar surface area (TPSA) is 62.5 Å². The maximum atomic E-state index is 12.5. The van der Waals surface area contributed by atoms with Gasteiger partial charge in [0.2, 0.25) is 0 Å². The second-order valence-electron chi connectivity index (χ2n) is 4.86. The maximum Gasteiger partial charge on any atom is 0.267 e. The molecule has 1 heterocycles. The van der Waals surface area contributed by atoms with Gasteiger partial charge in [0.05, 0.1) is 0 Å². The van der Waals surface area contributed by atoms with E-state index >= 15 is 0 Å². The molecule has 2 rings (SSSR count). The molecule has 1 aromatic carbocycles. The average Bonchev–Trinajstić information content (AvgIpc) is 2.82. The summed E-state index contributed by atoms with van der Waals surface area (Å²) in [6, 6.07) is 7.83. The molecule has 1 aromatic heterocycles. The fourth-order valence-corrected chi connectivity index (χ4v) is 3.10. The molecular formula is C14H17BrN4OS. The van der Waals surface area contributed by atoms with Crippen LogP contribution in [0.15, 0.2) is 28.7 Å². The van der Waals surface area contributed by atoms with Crippen LogP contribution in [-0.4, -0.2) is 36.9 Å². The van der Waals surface area contributed by atoms with Gasteiger partial charge < -0.3 is 15.5 Å². The first-order valence-corrected chi connectivity index (χ1v) is 7.93. The molecular weight excluding hydrogens is 352 g/mol. The molecule has 0 radical (unpaired) electrons. The van der Waals surface area contributed by atoms with Crippen molar-refractivity contribution in [1.29, 1.82) is 0 Å². The fourth-order valence-electron chi connectivity index (χ4n) is 1.79. The Kier molecular flexibility index (Phi) is 4.84. The summed E-state index contributed by atoms with van der Waals surface area (Å²) in [6.45, 7) is 0.509. The lowest BCUT2D eigenvalue weighted by atomic mass is 10.2. The second-order valence-corrected chi connectivity index (χ2v) is 6.69. The van der Waals surface area contributed by atoms with Crippen LogP contribution in [0.25, 0.3) is 0 Å². The summed E-state index contributed by atoms with van der Waals surface area (Å²) in [6.07, 6.45) is 0. The smallest absolute Gasteiger partial charge is 0.267 e. The van der Waals surface area contributed by atoms with Gasteiger partial charge in [-0.1, -0.05) is 45.5 Å². The molecule has 0 saturated heterocycles. The van der Waals surface area contributed by atoms with Crippen LogP contribution >= 0.6 is 27.3 Å². The first-order valence-electron chi connectivity index (χ1n) is 6.32. The fraction of sp³-hybridized carbons (Fsp3) is 0.286. The molecule has 0 atom stereocenters. The van der Waals surface area contributed by atoms with Crippen LogP contribution in [0.2, 0.25) is 0 Å². The van der Waals surface area contributed by atoms with Gasteiger partial charge in [-0.2, -0.15) is 0 Å². The number of anilines is 2. The number of thiazole rings is 1. The maximum absolute atomic E-state index is 12.5. The Morgan fingerprint density at radius 1 is 1.33 bits per heavy atom. The van der Waals surface area contributed by atoms with Crippen molar-refractivity contribution in [3.8, 4) is 0 Å². The third kappa shape index (κ3) is 3.54. The zero-order valence-corrected chi connectivity index (χ0v) is 14.5. The van der Waals surface area contributed by atoms with Crippen molar-refractivity contribution >= 4 is 44.1 Å². The van der Waals surface area contributed by atoms with E-state index in [2.05, 4.69) is 20.9 Å². The Bertz CT molecular complexity index is 656. The van der Waals surface area contributed by atoms with Crippen LogP contribution in [-0.2, 0) is 6.54 Å². The number of nitrogens with two attached hydrogens (primary N) is 1. The summed E-state index contributed by atoms with van der Waals surface area (Å²) in [4.78, 5) is 20.7. The first-order chi connectivity index (χ1) is 9.90. The van der Waals surface area contributed by atoms with E-state index in [9.17, 15) is 4.79 Å². The molecule has 0 aliphatic rings. The van der Waals surface area contributed by atoms with Crippen molar-refractivity contribution < 1.29 is 4.79 Å². The van der Waals surface area contributed by atoms with E-state index in [0.29, 0.717) is 11.4 Å². The quantitative estimate of drug-likeness (QED) is 0.900. The van der Waals surface area contributed by atoms with Crippen molar-refractivity contribution in [3.05, 3.63) is 39.2 Å². The zero-order valence-electron chi connectivity index (χ0n) is 12.1. The molecule has 0 aliphatic heterocycles.